The first kappa shape index (κ1) is 25.6. The summed E-state index contributed by atoms with van der Waals surface area (Å²) in [4.78, 5) is 23.7. The minimum Gasteiger partial charge on any atom is -0.388 e. The molecular formula is C25H28F3N5O4. The number of aliphatic hydroxyl groups is 1. The average Bonchev–Trinajstić information content (AvgIpc) is 3.39. The standard InChI is InChI=1S/C25H28F3N5O4/c1-24(2,35)14-37-21-11-32(17-12-36-13-17)10-19(21)31-23(34)18-7-20-15(8-29-18)5-6-33(20)22-4-3-16(9-30-22)25(26,27)28/h3-9,17,19,21,35H,10-14H2,1-2H3,(H,31,34)/t19-,21-/m1/s1. The lowest BCUT2D eigenvalue weighted by atomic mass is 10.1. The van der Waals surface area contributed by atoms with Crippen LogP contribution < -0.4 is 5.32 Å². The highest BCUT2D eigenvalue weighted by Crippen LogP contribution is 2.29. The number of halogens is 3. The number of pyridine rings is 2. The van der Waals surface area contributed by atoms with Crippen molar-refractivity contribution in [2.45, 2.75) is 43.8 Å². The number of fused-ring (bicyclic) bond motifs is 1. The van der Waals surface area contributed by atoms with Crippen molar-refractivity contribution in [3.05, 3.63) is 54.1 Å². The Hall–Kier alpha value is -3.06. The number of aromatic nitrogens is 3. The van der Waals surface area contributed by atoms with E-state index in [1.165, 1.54) is 6.07 Å². The number of nitrogens with zero attached hydrogens (tertiary/aromatic N) is 4. The van der Waals surface area contributed by atoms with Crippen LogP contribution in [-0.4, -0.2) is 87.1 Å². The van der Waals surface area contributed by atoms with Crippen molar-refractivity contribution in [3.8, 4) is 5.82 Å². The number of carbonyl (C=O) groups is 1. The molecule has 12 heteroatoms. The van der Waals surface area contributed by atoms with Crippen LogP contribution >= 0.6 is 0 Å². The van der Waals surface area contributed by atoms with Crippen LogP contribution in [-0.2, 0) is 15.7 Å². The maximum Gasteiger partial charge on any atom is 0.417 e. The van der Waals surface area contributed by atoms with Crippen LogP contribution in [0.25, 0.3) is 16.7 Å². The Bertz CT molecular complexity index is 1270. The number of alkyl halides is 3. The first-order valence-electron chi connectivity index (χ1n) is 12.0. The Morgan fingerprint density at radius 2 is 1.97 bits per heavy atom. The van der Waals surface area contributed by atoms with Crippen LogP contribution in [0.1, 0.15) is 29.9 Å². The van der Waals surface area contributed by atoms with Crippen LogP contribution in [0.2, 0.25) is 0 Å². The van der Waals surface area contributed by atoms with Crippen molar-refractivity contribution in [2.24, 2.45) is 0 Å². The Morgan fingerprint density at radius 3 is 2.59 bits per heavy atom. The van der Waals surface area contributed by atoms with E-state index in [1.54, 1.807) is 42.9 Å². The summed E-state index contributed by atoms with van der Waals surface area (Å²) in [5, 5.41) is 13.8. The highest BCUT2D eigenvalue weighted by molar-refractivity contribution is 5.96. The summed E-state index contributed by atoms with van der Waals surface area (Å²) >= 11 is 0. The Morgan fingerprint density at radius 1 is 1.19 bits per heavy atom. The van der Waals surface area contributed by atoms with Crippen LogP contribution in [0.15, 0.2) is 42.9 Å². The van der Waals surface area contributed by atoms with E-state index in [1.807, 2.05) is 0 Å². The number of likely N-dealkylation sites (tertiary alicyclic amines) is 1. The van der Waals surface area contributed by atoms with Gasteiger partial charge in [-0.05, 0) is 38.1 Å². The summed E-state index contributed by atoms with van der Waals surface area (Å²) < 4.78 is 51.6. The third-order valence-corrected chi connectivity index (χ3v) is 6.53. The molecule has 0 bridgehead atoms. The Balaban J connectivity index is 1.35. The summed E-state index contributed by atoms with van der Waals surface area (Å²) in [6.07, 6.45) is -0.808. The van der Waals surface area contributed by atoms with Gasteiger partial charge in [-0.25, -0.2) is 4.98 Å². The number of rotatable bonds is 7. The van der Waals surface area contributed by atoms with Gasteiger partial charge in [0.2, 0.25) is 0 Å². The molecule has 2 atom stereocenters. The van der Waals surface area contributed by atoms with E-state index in [0.717, 1.165) is 12.3 Å². The summed E-state index contributed by atoms with van der Waals surface area (Å²) in [6.45, 7) is 5.88. The summed E-state index contributed by atoms with van der Waals surface area (Å²) in [6, 6.07) is 5.53. The molecule has 37 heavy (non-hydrogen) atoms. The molecule has 2 aliphatic rings. The monoisotopic (exact) mass is 519 g/mol. The maximum atomic E-state index is 13.2. The van der Waals surface area contributed by atoms with E-state index < -0.39 is 23.2 Å². The Kier molecular flexibility index (Phi) is 6.69. The minimum atomic E-state index is -4.48. The van der Waals surface area contributed by atoms with Gasteiger partial charge in [-0.3, -0.25) is 14.7 Å². The van der Waals surface area contributed by atoms with Crippen molar-refractivity contribution in [2.75, 3.05) is 32.9 Å². The van der Waals surface area contributed by atoms with Crippen molar-refractivity contribution >= 4 is 16.8 Å². The molecule has 0 spiro atoms. The fourth-order valence-corrected chi connectivity index (χ4v) is 4.44. The molecule has 1 amide bonds. The summed E-state index contributed by atoms with van der Waals surface area (Å²) in [5.74, 6) is -0.113. The first-order valence-corrected chi connectivity index (χ1v) is 12.0. The lowest BCUT2D eigenvalue weighted by Crippen LogP contribution is -2.49. The lowest BCUT2D eigenvalue weighted by molar-refractivity contribution is -0.137. The first-order chi connectivity index (χ1) is 17.5. The van der Waals surface area contributed by atoms with Gasteiger partial charge in [-0.15, -0.1) is 0 Å². The normalized spacial score (nSPS) is 21.4. The van der Waals surface area contributed by atoms with Gasteiger partial charge in [0.15, 0.2) is 0 Å². The van der Waals surface area contributed by atoms with Gasteiger partial charge in [0.25, 0.3) is 5.91 Å². The average molecular weight is 520 g/mol. The molecule has 0 aromatic carbocycles. The van der Waals surface area contributed by atoms with Crippen molar-refractivity contribution in [1.29, 1.82) is 0 Å². The largest absolute Gasteiger partial charge is 0.417 e. The molecule has 2 aliphatic heterocycles. The molecule has 5 heterocycles. The topological polar surface area (TPSA) is 102 Å². The number of ether oxygens (including phenoxy) is 2. The molecule has 2 fully saturated rings. The van der Waals surface area contributed by atoms with Gasteiger partial charge in [0, 0.05) is 37.1 Å². The van der Waals surface area contributed by atoms with E-state index in [2.05, 4.69) is 20.2 Å². The predicted octanol–water partition coefficient (Wildman–Crippen LogP) is 2.41. The predicted molar refractivity (Wildman–Crippen MR) is 127 cm³/mol. The van der Waals surface area contributed by atoms with E-state index in [4.69, 9.17) is 9.47 Å². The number of nitrogens with one attached hydrogen (secondary N) is 1. The fraction of sp³-hybridized carbons (Fsp3) is 0.480. The van der Waals surface area contributed by atoms with Crippen LogP contribution in [0, 0.1) is 0 Å². The fourth-order valence-electron chi connectivity index (χ4n) is 4.44. The van der Waals surface area contributed by atoms with Crippen molar-refractivity contribution in [1.82, 2.24) is 24.8 Å². The number of hydrogen-bond acceptors (Lipinski definition) is 7. The number of hydrogen-bond donors (Lipinski definition) is 2. The second kappa shape index (κ2) is 9.67. The number of carbonyl (C=O) groups excluding carboxylic acids is 1. The van der Waals surface area contributed by atoms with Crippen molar-refractivity contribution in [3.63, 3.8) is 0 Å². The quantitative estimate of drug-likeness (QED) is 0.494. The highest BCUT2D eigenvalue weighted by atomic mass is 19.4. The van der Waals surface area contributed by atoms with E-state index in [9.17, 15) is 23.1 Å². The van der Waals surface area contributed by atoms with Crippen LogP contribution in [0.3, 0.4) is 0 Å². The van der Waals surface area contributed by atoms with Gasteiger partial charge in [-0.2, -0.15) is 13.2 Å². The lowest BCUT2D eigenvalue weighted by Gasteiger charge is -2.34. The van der Waals surface area contributed by atoms with E-state index >= 15 is 0 Å². The van der Waals surface area contributed by atoms with Crippen LogP contribution in [0.4, 0.5) is 13.2 Å². The smallest absolute Gasteiger partial charge is 0.388 e. The zero-order valence-corrected chi connectivity index (χ0v) is 20.4. The third-order valence-electron chi connectivity index (χ3n) is 6.53. The molecular weight excluding hydrogens is 491 g/mol. The van der Waals surface area contributed by atoms with Gasteiger partial charge in [0.1, 0.15) is 11.5 Å². The maximum absolute atomic E-state index is 13.2. The molecule has 198 valence electrons. The highest BCUT2D eigenvalue weighted by Gasteiger charge is 2.40. The molecule has 0 unspecified atom stereocenters. The summed E-state index contributed by atoms with van der Waals surface area (Å²) in [7, 11) is 0. The van der Waals surface area contributed by atoms with Gasteiger partial charge >= 0.3 is 6.18 Å². The second-order valence-electron chi connectivity index (χ2n) is 10.1. The van der Waals surface area contributed by atoms with Crippen molar-refractivity contribution < 1.29 is 32.5 Å². The van der Waals surface area contributed by atoms with Gasteiger partial charge < -0.3 is 24.5 Å². The Labute approximate surface area is 211 Å². The molecule has 5 rings (SSSR count). The third kappa shape index (κ3) is 5.61. The zero-order chi connectivity index (χ0) is 26.4. The second-order valence-corrected chi connectivity index (χ2v) is 10.1. The SMILES string of the molecule is CC(C)(O)CO[C@@H]1CN(C2COC2)C[C@H]1NC(=O)c1cc2c(ccn2-c2ccc(C(F)(F)F)cn2)cn1. The molecule has 2 saturated heterocycles. The molecule has 9 nitrogen and oxygen atoms in total. The molecule has 3 aromatic heterocycles. The molecule has 0 radical (unpaired) electrons. The number of amides is 1. The molecule has 2 N–H and O–H groups in total. The summed E-state index contributed by atoms with van der Waals surface area (Å²) in [5.41, 5.74) is -1.10. The van der Waals surface area contributed by atoms with Gasteiger partial charge in [-0.1, -0.05) is 0 Å². The van der Waals surface area contributed by atoms with Gasteiger partial charge in [0.05, 0.1) is 54.7 Å². The molecule has 3 aromatic rings. The molecule has 0 aliphatic carbocycles. The van der Waals surface area contributed by atoms with E-state index in [0.29, 0.717) is 37.2 Å². The minimum absolute atomic E-state index is 0.122. The molecule has 0 saturated carbocycles. The van der Waals surface area contributed by atoms with E-state index in [-0.39, 0.29) is 36.3 Å². The van der Waals surface area contributed by atoms with Crippen LogP contribution in [0.5, 0.6) is 0 Å². The zero-order valence-electron chi connectivity index (χ0n) is 20.4.